The summed E-state index contributed by atoms with van der Waals surface area (Å²) in [5.74, 6) is -0.585. The Bertz CT molecular complexity index is 808. The van der Waals surface area contributed by atoms with Gasteiger partial charge in [0.15, 0.2) is 11.4 Å². The van der Waals surface area contributed by atoms with Crippen molar-refractivity contribution in [1.29, 1.82) is 0 Å². The van der Waals surface area contributed by atoms with Crippen LogP contribution in [0.1, 0.15) is 20.3 Å². The molecule has 1 atom stereocenters. The molecule has 3 rings (SSSR count). The van der Waals surface area contributed by atoms with E-state index in [1.54, 1.807) is 24.6 Å². The summed E-state index contributed by atoms with van der Waals surface area (Å²) in [4.78, 5) is 11.6. The number of carbonyl (C=O) groups is 1. The maximum Gasteiger partial charge on any atom is 0.331 e. The lowest BCUT2D eigenvalue weighted by molar-refractivity contribution is -0.147. The maximum atomic E-state index is 11.6. The molecule has 0 fully saturated rings. The Morgan fingerprint density at radius 2 is 2.24 bits per heavy atom. The SMILES string of the molecule is CCC(C)(C(=O)O)n1nnnc1-c1cnn2ccccc12. The van der Waals surface area contributed by atoms with Gasteiger partial charge in [-0.1, -0.05) is 13.0 Å². The lowest BCUT2D eigenvalue weighted by Gasteiger charge is -2.23. The zero-order valence-corrected chi connectivity index (χ0v) is 11.6. The molecule has 3 heterocycles. The third kappa shape index (κ3) is 1.87. The van der Waals surface area contributed by atoms with Crippen LogP contribution in [0.5, 0.6) is 0 Å². The van der Waals surface area contributed by atoms with Crippen LogP contribution in [0.25, 0.3) is 16.9 Å². The summed E-state index contributed by atoms with van der Waals surface area (Å²) in [6, 6.07) is 5.62. The molecule has 0 aliphatic carbocycles. The van der Waals surface area contributed by atoms with E-state index in [0.717, 1.165) is 5.52 Å². The fourth-order valence-corrected chi connectivity index (χ4v) is 2.19. The number of carboxylic acid groups (broad SMARTS) is 1. The molecule has 0 bridgehead atoms. The summed E-state index contributed by atoms with van der Waals surface area (Å²) < 4.78 is 3.04. The minimum Gasteiger partial charge on any atom is -0.479 e. The first-order chi connectivity index (χ1) is 10.1. The Kier molecular flexibility index (Phi) is 2.93. The summed E-state index contributed by atoms with van der Waals surface area (Å²) in [6.45, 7) is 3.39. The van der Waals surface area contributed by atoms with Gasteiger partial charge in [0.05, 0.1) is 17.3 Å². The Balaban J connectivity index is 2.22. The molecule has 3 aromatic rings. The second-order valence-corrected chi connectivity index (χ2v) is 4.94. The number of fused-ring (bicyclic) bond motifs is 1. The molecule has 0 aliphatic rings. The summed E-state index contributed by atoms with van der Waals surface area (Å²) in [6.07, 6.45) is 3.80. The van der Waals surface area contributed by atoms with Gasteiger partial charge in [0.25, 0.3) is 0 Å². The Hall–Kier alpha value is -2.77. The van der Waals surface area contributed by atoms with Crippen molar-refractivity contribution in [2.24, 2.45) is 0 Å². The highest BCUT2D eigenvalue weighted by molar-refractivity contribution is 5.79. The molecule has 0 spiro atoms. The van der Waals surface area contributed by atoms with Gasteiger partial charge in [0, 0.05) is 6.20 Å². The van der Waals surface area contributed by atoms with Crippen molar-refractivity contribution in [3.05, 3.63) is 30.6 Å². The third-order valence-corrected chi connectivity index (χ3v) is 3.75. The second kappa shape index (κ2) is 4.65. The van der Waals surface area contributed by atoms with Crippen molar-refractivity contribution in [1.82, 2.24) is 29.8 Å². The molecule has 0 radical (unpaired) electrons. The molecule has 8 nitrogen and oxygen atoms in total. The van der Waals surface area contributed by atoms with E-state index in [9.17, 15) is 9.90 Å². The smallest absolute Gasteiger partial charge is 0.331 e. The van der Waals surface area contributed by atoms with Gasteiger partial charge >= 0.3 is 5.97 Å². The molecule has 8 heteroatoms. The largest absolute Gasteiger partial charge is 0.479 e. The first kappa shape index (κ1) is 13.2. The quantitative estimate of drug-likeness (QED) is 0.773. The number of aromatic nitrogens is 6. The molecule has 0 saturated heterocycles. The number of rotatable bonds is 4. The van der Waals surface area contributed by atoms with Gasteiger partial charge in [-0.05, 0) is 35.9 Å². The standard InChI is InChI=1S/C13H14N6O2/c1-3-13(2,12(20)21)19-11(15-16-17-19)9-8-14-18-7-5-4-6-10(9)18/h4-8H,3H2,1-2H3,(H,20,21). The van der Waals surface area contributed by atoms with Crippen LogP contribution in [-0.2, 0) is 10.3 Å². The summed E-state index contributed by atoms with van der Waals surface area (Å²) in [5.41, 5.74) is 0.306. The highest BCUT2D eigenvalue weighted by Crippen LogP contribution is 2.28. The van der Waals surface area contributed by atoms with Crippen LogP contribution < -0.4 is 0 Å². The van der Waals surface area contributed by atoms with Crippen molar-refractivity contribution < 1.29 is 9.90 Å². The molecule has 0 saturated carbocycles. The van der Waals surface area contributed by atoms with Gasteiger partial charge in [-0.25, -0.2) is 14.0 Å². The van der Waals surface area contributed by atoms with E-state index >= 15 is 0 Å². The zero-order chi connectivity index (χ0) is 15.0. The van der Waals surface area contributed by atoms with E-state index in [1.165, 1.54) is 4.68 Å². The van der Waals surface area contributed by atoms with Crippen LogP contribution in [-0.4, -0.2) is 40.9 Å². The van der Waals surface area contributed by atoms with E-state index in [1.807, 2.05) is 24.4 Å². The number of hydrogen-bond acceptors (Lipinski definition) is 5. The molecule has 21 heavy (non-hydrogen) atoms. The van der Waals surface area contributed by atoms with Crippen LogP contribution in [0.3, 0.4) is 0 Å². The minimum absolute atomic E-state index is 0.361. The van der Waals surface area contributed by atoms with Crippen LogP contribution in [0.2, 0.25) is 0 Å². The number of nitrogens with zero attached hydrogens (tertiary/aromatic N) is 6. The van der Waals surface area contributed by atoms with E-state index < -0.39 is 11.5 Å². The molecular weight excluding hydrogens is 272 g/mol. The average Bonchev–Trinajstić information content (AvgIpc) is 3.12. The van der Waals surface area contributed by atoms with Crippen LogP contribution in [0.15, 0.2) is 30.6 Å². The molecule has 3 aromatic heterocycles. The number of hydrogen-bond donors (Lipinski definition) is 1. The van der Waals surface area contributed by atoms with Crippen LogP contribution in [0.4, 0.5) is 0 Å². The van der Waals surface area contributed by atoms with Gasteiger partial charge in [-0.3, -0.25) is 0 Å². The molecule has 0 amide bonds. The van der Waals surface area contributed by atoms with Gasteiger partial charge < -0.3 is 5.11 Å². The molecule has 108 valence electrons. The molecule has 1 N–H and O–H groups in total. The first-order valence-corrected chi connectivity index (χ1v) is 6.53. The first-order valence-electron chi connectivity index (χ1n) is 6.53. The normalized spacial score (nSPS) is 14.2. The van der Waals surface area contributed by atoms with Crippen molar-refractivity contribution in [2.75, 3.05) is 0 Å². The Morgan fingerprint density at radius 1 is 1.43 bits per heavy atom. The van der Waals surface area contributed by atoms with Gasteiger partial charge in [0.2, 0.25) is 0 Å². The number of pyridine rings is 1. The third-order valence-electron chi connectivity index (χ3n) is 3.75. The van der Waals surface area contributed by atoms with Crippen molar-refractivity contribution in [2.45, 2.75) is 25.8 Å². The fourth-order valence-electron chi connectivity index (χ4n) is 2.19. The van der Waals surface area contributed by atoms with Crippen LogP contribution >= 0.6 is 0 Å². The van der Waals surface area contributed by atoms with Crippen molar-refractivity contribution >= 4 is 11.5 Å². The van der Waals surface area contributed by atoms with Gasteiger partial charge in [-0.15, -0.1) is 5.10 Å². The van der Waals surface area contributed by atoms with E-state index in [4.69, 9.17) is 0 Å². The monoisotopic (exact) mass is 286 g/mol. The van der Waals surface area contributed by atoms with Crippen molar-refractivity contribution in [3.8, 4) is 11.4 Å². The molecule has 0 aliphatic heterocycles. The zero-order valence-electron chi connectivity index (χ0n) is 11.6. The fraction of sp³-hybridized carbons (Fsp3) is 0.308. The molecular formula is C13H14N6O2. The summed E-state index contributed by atoms with van der Waals surface area (Å²) in [7, 11) is 0. The van der Waals surface area contributed by atoms with E-state index in [0.29, 0.717) is 17.8 Å². The lowest BCUT2D eigenvalue weighted by atomic mass is 9.99. The maximum absolute atomic E-state index is 11.6. The summed E-state index contributed by atoms with van der Waals surface area (Å²) in [5, 5.41) is 25.2. The topological polar surface area (TPSA) is 98.2 Å². The Labute approximate surface area is 120 Å². The predicted molar refractivity (Wildman–Crippen MR) is 73.6 cm³/mol. The highest BCUT2D eigenvalue weighted by atomic mass is 16.4. The number of aliphatic carboxylic acids is 1. The van der Waals surface area contributed by atoms with E-state index in [2.05, 4.69) is 20.6 Å². The molecule has 1 unspecified atom stereocenters. The van der Waals surface area contributed by atoms with Crippen molar-refractivity contribution in [3.63, 3.8) is 0 Å². The second-order valence-electron chi connectivity index (χ2n) is 4.94. The highest BCUT2D eigenvalue weighted by Gasteiger charge is 2.37. The van der Waals surface area contributed by atoms with Gasteiger partial charge in [-0.2, -0.15) is 5.10 Å². The van der Waals surface area contributed by atoms with Crippen LogP contribution in [0, 0.1) is 0 Å². The predicted octanol–water partition coefficient (Wildman–Crippen LogP) is 1.20. The molecule has 0 aromatic carbocycles. The Morgan fingerprint density at radius 3 is 2.95 bits per heavy atom. The summed E-state index contributed by atoms with van der Waals surface area (Å²) >= 11 is 0. The number of carboxylic acids is 1. The average molecular weight is 286 g/mol. The minimum atomic E-state index is -1.21. The lowest BCUT2D eigenvalue weighted by Crippen LogP contribution is -2.39. The van der Waals surface area contributed by atoms with E-state index in [-0.39, 0.29) is 0 Å². The number of tetrazole rings is 1. The van der Waals surface area contributed by atoms with Gasteiger partial charge in [0.1, 0.15) is 0 Å².